The van der Waals surface area contributed by atoms with Gasteiger partial charge in [0.15, 0.2) is 0 Å². The van der Waals surface area contributed by atoms with Crippen molar-refractivity contribution in [2.75, 3.05) is 0 Å². The Morgan fingerprint density at radius 1 is 0.513 bits per heavy atom. The molecule has 6 aromatic carbocycles. The standard InChI is InChI=1S/C38H26O/c1-2-11-25(12-3-1)37-30-16-4-6-18-32(30)38(33-19-7-5-17-31(33)37)28-14-10-13-26(23-28)27-21-22-36-34(24-27)29-15-8-9-20-35(29)39-36/h1-20,22-24,27H,21H2. The maximum atomic E-state index is 6.12. The lowest BCUT2D eigenvalue weighted by Crippen LogP contribution is -2.24. The first kappa shape index (κ1) is 22.1. The van der Waals surface area contributed by atoms with E-state index in [1.54, 1.807) is 0 Å². The summed E-state index contributed by atoms with van der Waals surface area (Å²) in [6.45, 7) is 0. The summed E-state index contributed by atoms with van der Waals surface area (Å²) in [5, 5.41) is 7.56. The van der Waals surface area contributed by atoms with Crippen molar-refractivity contribution in [3.63, 3.8) is 0 Å². The summed E-state index contributed by atoms with van der Waals surface area (Å²) in [7, 11) is 0. The van der Waals surface area contributed by atoms with Crippen molar-refractivity contribution >= 4 is 44.7 Å². The Morgan fingerprint density at radius 2 is 1.08 bits per heavy atom. The van der Waals surface area contributed by atoms with Crippen LogP contribution in [0.5, 0.6) is 0 Å². The van der Waals surface area contributed by atoms with Gasteiger partial charge in [-0.1, -0.05) is 127 Å². The van der Waals surface area contributed by atoms with Gasteiger partial charge in [0.05, 0.1) is 0 Å². The molecule has 1 aliphatic rings. The van der Waals surface area contributed by atoms with Gasteiger partial charge in [-0.15, -0.1) is 0 Å². The van der Waals surface area contributed by atoms with E-state index in [0.29, 0.717) is 5.92 Å². The molecule has 1 atom stereocenters. The molecule has 1 heterocycles. The maximum absolute atomic E-state index is 6.12. The highest BCUT2D eigenvalue weighted by Gasteiger charge is 2.18. The van der Waals surface area contributed by atoms with E-state index < -0.39 is 0 Å². The van der Waals surface area contributed by atoms with Gasteiger partial charge in [-0.05, 0) is 67.9 Å². The molecule has 184 valence electrons. The SMILES string of the molecule is C1=c2oc3ccccc3c2=CC(c2cccc(-c3c4ccccc4c(-c4ccccc4)c4ccccc34)c2)C1. The van der Waals surface area contributed by atoms with Crippen molar-refractivity contribution in [2.45, 2.75) is 12.3 Å². The van der Waals surface area contributed by atoms with Crippen LogP contribution in [0.4, 0.5) is 0 Å². The van der Waals surface area contributed by atoms with E-state index in [0.717, 1.165) is 17.4 Å². The van der Waals surface area contributed by atoms with Gasteiger partial charge in [0.1, 0.15) is 11.0 Å². The van der Waals surface area contributed by atoms with Gasteiger partial charge in [0, 0.05) is 16.5 Å². The molecular weight excluding hydrogens is 472 g/mol. The zero-order chi connectivity index (χ0) is 25.8. The topological polar surface area (TPSA) is 13.1 Å². The van der Waals surface area contributed by atoms with Crippen LogP contribution in [0.3, 0.4) is 0 Å². The van der Waals surface area contributed by atoms with Crippen LogP contribution in [0, 0.1) is 0 Å². The number of hydrogen-bond donors (Lipinski definition) is 0. The van der Waals surface area contributed by atoms with Crippen LogP contribution in [-0.4, -0.2) is 0 Å². The van der Waals surface area contributed by atoms with Crippen molar-refractivity contribution in [1.29, 1.82) is 0 Å². The van der Waals surface area contributed by atoms with Crippen LogP contribution in [-0.2, 0) is 0 Å². The Hall–Kier alpha value is -4.88. The third kappa shape index (κ3) is 3.55. The van der Waals surface area contributed by atoms with Gasteiger partial charge >= 0.3 is 0 Å². The molecule has 8 rings (SSSR count). The fourth-order valence-electron chi connectivity index (χ4n) is 6.42. The molecule has 7 aromatic rings. The summed E-state index contributed by atoms with van der Waals surface area (Å²) in [4.78, 5) is 0. The van der Waals surface area contributed by atoms with Crippen molar-refractivity contribution in [3.8, 4) is 22.3 Å². The van der Waals surface area contributed by atoms with E-state index in [1.807, 2.05) is 6.07 Å². The molecule has 0 radical (unpaired) electrons. The number of fused-ring (bicyclic) bond motifs is 5. The summed E-state index contributed by atoms with van der Waals surface area (Å²) in [5.41, 5.74) is 8.41. The van der Waals surface area contributed by atoms with Gasteiger partial charge in [-0.2, -0.15) is 0 Å². The molecule has 0 fully saturated rings. The predicted octanol–water partition coefficient (Wildman–Crippen LogP) is 8.82. The molecule has 0 saturated carbocycles. The predicted molar refractivity (Wildman–Crippen MR) is 164 cm³/mol. The average Bonchev–Trinajstić information content (AvgIpc) is 3.38. The molecule has 0 bridgehead atoms. The Morgan fingerprint density at radius 3 is 1.77 bits per heavy atom. The lowest BCUT2D eigenvalue weighted by atomic mass is 9.84. The number of hydrogen-bond acceptors (Lipinski definition) is 1. The Balaban J connectivity index is 1.35. The lowest BCUT2D eigenvalue weighted by Gasteiger charge is -2.19. The van der Waals surface area contributed by atoms with E-state index in [-0.39, 0.29) is 0 Å². The first-order valence-electron chi connectivity index (χ1n) is 13.6. The first-order valence-corrected chi connectivity index (χ1v) is 13.6. The van der Waals surface area contributed by atoms with E-state index in [4.69, 9.17) is 4.42 Å². The minimum atomic E-state index is 0.305. The Labute approximate surface area is 227 Å². The highest BCUT2D eigenvalue weighted by molar-refractivity contribution is 6.21. The molecular formula is C38H26O. The maximum Gasteiger partial charge on any atom is 0.135 e. The first-order chi connectivity index (χ1) is 19.3. The zero-order valence-corrected chi connectivity index (χ0v) is 21.5. The molecule has 0 saturated heterocycles. The van der Waals surface area contributed by atoms with E-state index in [1.165, 1.54) is 60.0 Å². The summed E-state index contributed by atoms with van der Waals surface area (Å²) in [6.07, 6.45) is 5.59. The third-order valence-electron chi connectivity index (χ3n) is 8.19. The largest absolute Gasteiger partial charge is 0.456 e. The molecule has 1 heteroatoms. The number of rotatable bonds is 3. The summed E-state index contributed by atoms with van der Waals surface area (Å²) >= 11 is 0. The summed E-state index contributed by atoms with van der Waals surface area (Å²) < 4.78 is 6.12. The van der Waals surface area contributed by atoms with Crippen LogP contribution in [0.15, 0.2) is 132 Å². The second kappa shape index (κ2) is 8.85. The highest BCUT2D eigenvalue weighted by Crippen LogP contribution is 2.44. The van der Waals surface area contributed by atoms with Gasteiger partial charge in [-0.3, -0.25) is 0 Å². The molecule has 0 amide bonds. The molecule has 1 aromatic heterocycles. The number of furan rings is 1. The van der Waals surface area contributed by atoms with Gasteiger partial charge in [0.25, 0.3) is 0 Å². The minimum absolute atomic E-state index is 0.305. The molecule has 0 N–H and O–H groups in total. The molecule has 1 unspecified atom stereocenters. The quantitative estimate of drug-likeness (QED) is 0.222. The van der Waals surface area contributed by atoms with Crippen molar-refractivity contribution in [1.82, 2.24) is 0 Å². The van der Waals surface area contributed by atoms with E-state index >= 15 is 0 Å². The zero-order valence-electron chi connectivity index (χ0n) is 21.5. The average molecular weight is 499 g/mol. The van der Waals surface area contributed by atoms with Crippen LogP contribution in [0.2, 0.25) is 0 Å². The Kier molecular flexibility index (Phi) is 5.03. The normalized spacial score (nSPS) is 14.7. The van der Waals surface area contributed by atoms with Crippen molar-refractivity contribution in [3.05, 3.63) is 144 Å². The van der Waals surface area contributed by atoms with Gasteiger partial charge in [-0.25, -0.2) is 0 Å². The Bertz CT molecular complexity index is 2090. The van der Waals surface area contributed by atoms with Crippen LogP contribution in [0.1, 0.15) is 17.9 Å². The molecule has 0 spiro atoms. The van der Waals surface area contributed by atoms with E-state index in [2.05, 4.69) is 133 Å². The molecule has 1 aliphatic carbocycles. The molecule has 39 heavy (non-hydrogen) atoms. The molecule has 0 aliphatic heterocycles. The van der Waals surface area contributed by atoms with Gasteiger partial charge in [0.2, 0.25) is 0 Å². The summed E-state index contributed by atoms with van der Waals surface area (Å²) in [5.74, 6) is 0.305. The second-order valence-corrected chi connectivity index (χ2v) is 10.4. The highest BCUT2D eigenvalue weighted by atomic mass is 16.3. The minimum Gasteiger partial charge on any atom is -0.456 e. The number of para-hydroxylation sites is 1. The summed E-state index contributed by atoms with van der Waals surface area (Å²) in [6, 6.07) is 46.0. The monoisotopic (exact) mass is 498 g/mol. The fourth-order valence-corrected chi connectivity index (χ4v) is 6.42. The lowest BCUT2D eigenvalue weighted by molar-refractivity contribution is 0.570. The van der Waals surface area contributed by atoms with Crippen LogP contribution in [0.25, 0.3) is 66.9 Å². The number of benzene rings is 6. The van der Waals surface area contributed by atoms with Crippen LogP contribution < -0.4 is 10.6 Å². The third-order valence-corrected chi connectivity index (χ3v) is 8.19. The van der Waals surface area contributed by atoms with Crippen molar-refractivity contribution < 1.29 is 4.42 Å². The van der Waals surface area contributed by atoms with Gasteiger partial charge < -0.3 is 4.42 Å². The van der Waals surface area contributed by atoms with E-state index in [9.17, 15) is 0 Å². The van der Waals surface area contributed by atoms with Crippen molar-refractivity contribution in [2.24, 2.45) is 0 Å². The fraction of sp³-hybridized carbons (Fsp3) is 0.0526. The smallest absolute Gasteiger partial charge is 0.135 e. The second-order valence-electron chi connectivity index (χ2n) is 10.4. The molecule has 1 nitrogen and oxygen atoms in total. The van der Waals surface area contributed by atoms with Crippen LogP contribution >= 0.6 is 0 Å².